The molecule has 22 heavy (non-hydrogen) atoms. The molecule has 1 aliphatic heterocycles. The Morgan fingerprint density at radius 1 is 1.36 bits per heavy atom. The van der Waals surface area contributed by atoms with Gasteiger partial charge in [-0.15, -0.1) is 0 Å². The zero-order valence-corrected chi connectivity index (χ0v) is 12.8. The van der Waals surface area contributed by atoms with Gasteiger partial charge in [-0.05, 0) is 37.2 Å². The molecule has 1 aliphatic rings. The van der Waals surface area contributed by atoms with Crippen molar-refractivity contribution in [2.24, 2.45) is 0 Å². The molecule has 116 valence electrons. The van der Waals surface area contributed by atoms with Crippen molar-refractivity contribution in [1.82, 2.24) is 15.0 Å². The maximum absolute atomic E-state index is 12.3. The van der Waals surface area contributed by atoms with Crippen LogP contribution in [-0.2, 0) is 9.57 Å². The number of benzene rings is 1. The Morgan fingerprint density at radius 3 is 2.91 bits per heavy atom. The highest BCUT2D eigenvalue weighted by Crippen LogP contribution is 2.14. The third kappa shape index (κ3) is 3.27. The Labute approximate surface area is 133 Å². The first kappa shape index (κ1) is 15.0. The Hall–Kier alpha value is -1.96. The number of hydrogen-bond acceptors (Lipinski definition) is 4. The van der Waals surface area contributed by atoms with Crippen molar-refractivity contribution < 1.29 is 14.4 Å². The van der Waals surface area contributed by atoms with Gasteiger partial charge in [0.05, 0.1) is 0 Å². The second-order valence-electron chi connectivity index (χ2n) is 5.00. The zero-order valence-electron chi connectivity index (χ0n) is 12.0. The van der Waals surface area contributed by atoms with Gasteiger partial charge in [0.2, 0.25) is 0 Å². The summed E-state index contributed by atoms with van der Waals surface area (Å²) in [6.45, 7) is 0.658. The van der Waals surface area contributed by atoms with Crippen LogP contribution in [0.3, 0.4) is 0 Å². The first-order valence-electron chi connectivity index (χ1n) is 7.19. The largest absolute Gasteiger partial charge is 0.350 e. The number of hydrogen-bond donors (Lipinski definition) is 2. The molecule has 0 aliphatic carbocycles. The number of ether oxygens (including phenoxy) is 1. The summed E-state index contributed by atoms with van der Waals surface area (Å²) >= 11 is 5.25. The van der Waals surface area contributed by atoms with Crippen molar-refractivity contribution in [1.29, 1.82) is 0 Å². The number of imidazole rings is 1. The highest BCUT2D eigenvalue weighted by molar-refractivity contribution is 7.71. The zero-order chi connectivity index (χ0) is 15.4. The van der Waals surface area contributed by atoms with E-state index >= 15 is 0 Å². The second kappa shape index (κ2) is 6.87. The number of para-hydroxylation sites is 1. The number of aromatic nitrogens is 2. The van der Waals surface area contributed by atoms with E-state index < -0.39 is 0 Å². The minimum atomic E-state index is -0.384. The molecule has 0 bridgehead atoms. The molecule has 1 unspecified atom stereocenters. The SMILES string of the molecule is O=C(NOC1CCCCO1)c1c[nH]c(=S)n1-c1ccccc1. The van der Waals surface area contributed by atoms with E-state index in [0.29, 0.717) is 17.1 Å². The normalized spacial score (nSPS) is 18.1. The quantitative estimate of drug-likeness (QED) is 0.671. The average Bonchev–Trinajstić information content (AvgIpc) is 2.96. The molecule has 7 heteroatoms. The summed E-state index contributed by atoms with van der Waals surface area (Å²) in [5, 5.41) is 0. The summed E-state index contributed by atoms with van der Waals surface area (Å²) in [6, 6.07) is 9.44. The van der Waals surface area contributed by atoms with Crippen molar-refractivity contribution in [3.05, 3.63) is 47.0 Å². The van der Waals surface area contributed by atoms with Crippen molar-refractivity contribution in [2.75, 3.05) is 6.61 Å². The van der Waals surface area contributed by atoms with Crippen LogP contribution in [0.5, 0.6) is 0 Å². The number of aromatic amines is 1. The minimum absolute atomic E-state index is 0.370. The molecular formula is C15H17N3O3S. The third-order valence-electron chi connectivity index (χ3n) is 3.44. The van der Waals surface area contributed by atoms with E-state index in [2.05, 4.69) is 10.5 Å². The van der Waals surface area contributed by atoms with E-state index in [1.807, 2.05) is 30.3 Å². The lowest BCUT2D eigenvalue weighted by atomic mass is 10.2. The van der Waals surface area contributed by atoms with Gasteiger partial charge in [0.1, 0.15) is 5.69 Å². The number of nitrogens with zero attached hydrogens (tertiary/aromatic N) is 1. The number of amides is 1. The molecule has 1 aromatic heterocycles. The highest BCUT2D eigenvalue weighted by Gasteiger charge is 2.19. The van der Waals surface area contributed by atoms with Gasteiger partial charge in [-0.25, -0.2) is 10.3 Å². The van der Waals surface area contributed by atoms with Gasteiger partial charge in [0.25, 0.3) is 5.91 Å². The molecule has 0 saturated carbocycles. The number of hydroxylamine groups is 1. The Morgan fingerprint density at radius 2 is 2.18 bits per heavy atom. The Bertz CT molecular complexity index is 690. The predicted molar refractivity (Wildman–Crippen MR) is 83.1 cm³/mol. The van der Waals surface area contributed by atoms with Crippen LogP contribution < -0.4 is 5.48 Å². The van der Waals surface area contributed by atoms with Crippen LogP contribution in [0.1, 0.15) is 29.8 Å². The van der Waals surface area contributed by atoms with Crippen molar-refractivity contribution in [3.63, 3.8) is 0 Å². The number of H-pyrrole nitrogens is 1. The predicted octanol–water partition coefficient (Wildman–Crippen LogP) is 2.72. The van der Waals surface area contributed by atoms with E-state index in [9.17, 15) is 4.79 Å². The van der Waals surface area contributed by atoms with Gasteiger partial charge >= 0.3 is 0 Å². The van der Waals surface area contributed by atoms with E-state index in [-0.39, 0.29) is 12.2 Å². The summed E-state index contributed by atoms with van der Waals surface area (Å²) in [5.74, 6) is -0.370. The van der Waals surface area contributed by atoms with Crippen LogP contribution in [0.2, 0.25) is 0 Å². The fourth-order valence-corrected chi connectivity index (χ4v) is 2.61. The molecule has 2 heterocycles. The molecule has 2 N–H and O–H groups in total. The number of rotatable bonds is 4. The first-order chi connectivity index (χ1) is 10.8. The van der Waals surface area contributed by atoms with Gasteiger partial charge in [-0.3, -0.25) is 9.36 Å². The highest BCUT2D eigenvalue weighted by atomic mass is 32.1. The van der Waals surface area contributed by atoms with E-state index in [1.54, 1.807) is 10.8 Å². The third-order valence-corrected chi connectivity index (χ3v) is 3.74. The van der Waals surface area contributed by atoms with E-state index in [1.165, 1.54) is 0 Å². The van der Waals surface area contributed by atoms with Crippen LogP contribution in [0.15, 0.2) is 36.5 Å². The van der Waals surface area contributed by atoms with Crippen molar-refractivity contribution >= 4 is 18.1 Å². The Balaban J connectivity index is 1.74. The van der Waals surface area contributed by atoms with E-state index in [0.717, 1.165) is 24.9 Å². The molecule has 1 saturated heterocycles. The van der Waals surface area contributed by atoms with Crippen LogP contribution in [-0.4, -0.2) is 28.4 Å². The van der Waals surface area contributed by atoms with Crippen molar-refractivity contribution in [3.8, 4) is 5.69 Å². The van der Waals surface area contributed by atoms with Gasteiger partial charge in [0, 0.05) is 24.9 Å². The molecule has 3 rings (SSSR count). The topological polar surface area (TPSA) is 68.3 Å². The molecule has 1 fully saturated rings. The van der Waals surface area contributed by atoms with Crippen LogP contribution in [0.25, 0.3) is 5.69 Å². The van der Waals surface area contributed by atoms with Crippen LogP contribution in [0, 0.1) is 4.77 Å². The lowest BCUT2D eigenvalue weighted by Crippen LogP contribution is -2.33. The number of nitrogens with one attached hydrogen (secondary N) is 2. The van der Waals surface area contributed by atoms with E-state index in [4.69, 9.17) is 21.8 Å². The maximum Gasteiger partial charge on any atom is 0.293 e. The minimum Gasteiger partial charge on any atom is -0.350 e. The Kier molecular flexibility index (Phi) is 4.67. The second-order valence-corrected chi connectivity index (χ2v) is 5.38. The standard InChI is InChI=1S/C15H17N3O3S/c19-14(17-21-13-8-4-5-9-20-13)12-10-16-15(22)18(12)11-6-2-1-3-7-11/h1-3,6-7,10,13H,4-5,8-9H2,(H,16,22)(H,17,19). The maximum atomic E-state index is 12.3. The summed E-state index contributed by atoms with van der Waals surface area (Å²) in [7, 11) is 0. The summed E-state index contributed by atoms with van der Waals surface area (Å²) in [5.41, 5.74) is 3.64. The molecule has 2 aromatic rings. The average molecular weight is 319 g/mol. The lowest BCUT2D eigenvalue weighted by molar-refractivity contribution is -0.186. The van der Waals surface area contributed by atoms with Gasteiger partial charge in [-0.2, -0.15) is 0 Å². The van der Waals surface area contributed by atoms with Gasteiger partial charge in [-0.1, -0.05) is 18.2 Å². The summed E-state index contributed by atoms with van der Waals surface area (Å²) < 4.78 is 7.52. The fraction of sp³-hybridized carbons (Fsp3) is 0.333. The molecule has 1 amide bonds. The molecular weight excluding hydrogens is 302 g/mol. The van der Waals surface area contributed by atoms with Crippen LogP contribution >= 0.6 is 12.2 Å². The van der Waals surface area contributed by atoms with Crippen molar-refractivity contribution in [2.45, 2.75) is 25.6 Å². The molecule has 1 atom stereocenters. The molecule has 1 aromatic carbocycles. The number of carbonyl (C=O) groups is 1. The van der Waals surface area contributed by atoms with Gasteiger partial charge < -0.3 is 9.72 Å². The van der Waals surface area contributed by atoms with Gasteiger partial charge in [0.15, 0.2) is 11.1 Å². The lowest BCUT2D eigenvalue weighted by Gasteiger charge is -2.22. The number of carbonyl (C=O) groups excluding carboxylic acids is 1. The molecule has 6 nitrogen and oxygen atoms in total. The summed E-state index contributed by atoms with van der Waals surface area (Å²) in [6.07, 6.45) is 4.02. The molecule has 0 radical (unpaired) electrons. The fourth-order valence-electron chi connectivity index (χ4n) is 2.34. The van der Waals surface area contributed by atoms with Crippen LogP contribution in [0.4, 0.5) is 0 Å². The monoisotopic (exact) mass is 319 g/mol. The first-order valence-corrected chi connectivity index (χ1v) is 7.60. The smallest absolute Gasteiger partial charge is 0.293 e. The summed E-state index contributed by atoms with van der Waals surface area (Å²) in [4.78, 5) is 20.5. The molecule has 0 spiro atoms.